The molecule has 1 saturated carbocycles. The van der Waals surface area contributed by atoms with Gasteiger partial charge in [-0.2, -0.15) is 0 Å². The third-order valence-electron chi connectivity index (χ3n) is 5.19. The molecular weight excluding hydrogens is 340 g/mol. The molecule has 0 bridgehead atoms. The monoisotopic (exact) mass is 362 g/mol. The Morgan fingerprint density at radius 1 is 0.963 bits per heavy atom. The van der Waals surface area contributed by atoms with Crippen LogP contribution in [0, 0.1) is 0 Å². The van der Waals surface area contributed by atoms with Gasteiger partial charge in [0.05, 0.1) is 12.6 Å². The molecular formula is C22H22N2O3. The van der Waals surface area contributed by atoms with Gasteiger partial charge >= 0.3 is 5.97 Å². The average Bonchev–Trinajstić information content (AvgIpc) is 2.74. The summed E-state index contributed by atoms with van der Waals surface area (Å²) in [7, 11) is 1.52. The van der Waals surface area contributed by atoms with Crippen LogP contribution >= 0.6 is 0 Å². The zero-order valence-electron chi connectivity index (χ0n) is 15.4. The summed E-state index contributed by atoms with van der Waals surface area (Å²) < 4.78 is 10.9. The van der Waals surface area contributed by atoms with Crippen molar-refractivity contribution in [3.8, 4) is 11.5 Å². The topological polar surface area (TPSA) is 61.3 Å². The number of hydrogen-bond acceptors (Lipinski definition) is 5. The minimum Gasteiger partial charge on any atom is -0.496 e. The van der Waals surface area contributed by atoms with Crippen molar-refractivity contribution in [2.45, 2.75) is 38.0 Å². The molecule has 2 aromatic carbocycles. The normalized spacial score (nSPS) is 14.9. The zero-order chi connectivity index (χ0) is 18.6. The average molecular weight is 362 g/mol. The Labute approximate surface area is 158 Å². The number of benzene rings is 2. The minimum absolute atomic E-state index is 0.291. The summed E-state index contributed by atoms with van der Waals surface area (Å²) >= 11 is 0. The molecule has 3 aromatic rings. The van der Waals surface area contributed by atoms with Crippen LogP contribution < -0.4 is 9.47 Å². The number of rotatable bonds is 4. The van der Waals surface area contributed by atoms with Gasteiger partial charge in [0.1, 0.15) is 22.6 Å². The maximum Gasteiger partial charge on any atom is 0.349 e. The fourth-order valence-electron chi connectivity index (χ4n) is 3.79. The van der Waals surface area contributed by atoms with Gasteiger partial charge < -0.3 is 9.47 Å². The van der Waals surface area contributed by atoms with E-state index in [1.807, 2.05) is 12.1 Å². The summed E-state index contributed by atoms with van der Waals surface area (Å²) in [6.07, 6.45) is 9.55. The lowest BCUT2D eigenvalue weighted by molar-refractivity contribution is 0.0733. The summed E-state index contributed by atoms with van der Waals surface area (Å²) in [4.78, 5) is 21.4. The molecule has 1 aromatic heterocycles. The number of ether oxygens (including phenoxy) is 2. The van der Waals surface area contributed by atoms with E-state index in [0.29, 0.717) is 34.0 Å². The Morgan fingerprint density at radius 3 is 2.44 bits per heavy atom. The highest BCUT2D eigenvalue weighted by atomic mass is 16.5. The van der Waals surface area contributed by atoms with Crippen molar-refractivity contribution in [3.63, 3.8) is 0 Å². The highest BCUT2D eigenvalue weighted by Gasteiger charge is 2.21. The van der Waals surface area contributed by atoms with Gasteiger partial charge in [-0.1, -0.05) is 31.4 Å². The first-order valence-corrected chi connectivity index (χ1v) is 9.36. The van der Waals surface area contributed by atoms with Crippen LogP contribution in [0.25, 0.3) is 11.0 Å². The number of aromatic nitrogens is 2. The second kappa shape index (κ2) is 7.74. The van der Waals surface area contributed by atoms with E-state index in [2.05, 4.69) is 22.1 Å². The van der Waals surface area contributed by atoms with Crippen LogP contribution in [0.3, 0.4) is 0 Å². The summed E-state index contributed by atoms with van der Waals surface area (Å²) in [6, 6.07) is 11.4. The van der Waals surface area contributed by atoms with E-state index in [0.717, 1.165) is 0 Å². The standard InChI is InChI=1S/C22H22N2O3/c1-26-19-12-11-18-21(24-14-13-23-18)20(19)22(25)27-17-9-7-16(8-10-17)15-5-3-2-4-6-15/h7-15H,2-6H2,1H3. The van der Waals surface area contributed by atoms with Crippen LogP contribution in [0.15, 0.2) is 48.8 Å². The Kier molecular flexibility index (Phi) is 5.01. The molecule has 27 heavy (non-hydrogen) atoms. The van der Waals surface area contributed by atoms with Crippen molar-refractivity contribution >= 4 is 17.0 Å². The van der Waals surface area contributed by atoms with Crippen molar-refractivity contribution < 1.29 is 14.3 Å². The number of esters is 1. The van der Waals surface area contributed by atoms with Crippen LogP contribution in [0.5, 0.6) is 11.5 Å². The predicted molar refractivity (Wildman–Crippen MR) is 103 cm³/mol. The molecule has 0 radical (unpaired) electrons. The smallest absolute Gasteiger partial charge is 0.349 e. The van der Waals surface area contributed by atoms with E-state index in [9.17, 15) is 4.79 Å². The summed E-state index contributed by atoms with van der Waals surface area (Å²) in [5.74, 6) is 1.06. The predicted octanol–water partition coefficient (Wildman–Crippen LogP) is 4.91. The van der Waals surface area contributed by atoms with Crippen molar-refractivity contribution in [1.29, 1.82) is 0 Å². The molecule has 1 aliphatic carbocycles. The molecule has 0 unspecified atom stereocenters. The van der Waals surface area contributed by atoms with E-state index in [4.69, 9.17) is 9.47 Å². The second-order valence-electron chi connectivity index (χ2n) is 6.86. The third-order valence-corrected chi connectivity index (χ3v) is 5.19. The summed E-state index contributed by atoms with van der Waals surface area (Å²) in [5, 5.41) is 0. The number of methoxy groups -OCH3 is 1. The number of fused-ring (bicyclic) bond motifs is 1. The molecule has 0 saturated heterocycles. The quantitative estimate of drug-likeness (QED) is 0.488. The van der Waals surface area contributed by atoms with Gasteiger partial charge in [-0.15, -0.1) is 0 Å². The van der Waals surface area contributed by atoms with Crippen LogP contribution in [-0.2, 0) is 0 Å². The highest BCUT2D eigenvalue weighted by molar-refractivity contribution is 6.05. The first-order chi connectivity index (χ1) is 13.3. The largest absolute Gasteiger partial charge is 0.496 e. The number of hydrogen-bond donors (Lipinski definition) is 0. The van der Waals surface area contributed by atoms with Gasteiger partial charge in [0.2, 0.25) is 0 Å². The van der Waals surface area contributed by atoms with E-state index < -0.39 is 5.97 Å². The lowest BCUT2D eigenvalue weighted by atomic mass is 9.84. The Balaban J connectivity index is 1.58. The molecule has 0 aliphatic heterocycles. The van der Waals surface area contributed by atoms with Gasteiger partial charge in [-0.3, -0.25) is 9.97 Å². The fraction of sp³-hybridized carbons (Fsp3) is 0.318. The molecule has 0 spiro atoms. The Bertz CT molecular complexity index is 947. The van der Waals surface area contributed by atoms with Gasteiger partial charge in [0.15, 0.2) is 0 Å². The molecule has 1 heterocycles. The minimum atomic E-state index is -0.497. The van der Waals surface area contributed by atoms with Crippen molar-refractivity contribution in [2.24, 2.45) is 0 Å². The van der Waals surface area contributed by atoms with Crippen molar-refractivity contribution in [3.05, 3.63) is 59.9 Å². The van der Waals surface area contributed by atoms with Gasteiger partial charge in [-0.25, -0.2) is 4.79 Å². The van der Waals surface area contributed by atoms with Gasteiger partial charge in [0, 0.05) is 12.4 Å². The molecule has 0 amide bonds. The third kappa shape index (κ3) is 3.63. The van der Waals surface area contributed by atoms with Gasteiger partial charge in [0.25, 0.3) is 0 Å². The molecule has 138 valence electrons. The number of carbonyl (C=O) groups is 1. The number of carbonyl (C=O) groups excluding carboxylic acids is 1. The van der Waals surface area contributed by atoms with Crippen molar-refractivity contribution in [2.75, 3.05) is 7.11 Å². The first kappa shape index (κ1) is 17.5. The SMILES string of the molecule is COc1ccc2nccnc2c1C(=O)Oc1ccc(C2CCCCC2)cc1. The number of nitrogens with zero attached hydrogens (tertiary/aromatic N) is 2. The van der Waals surface area contributed by atoms with E-state index in [1.54, 1.807) is 24.5 Å². The lowest BCUT2D eigenvalue weighted by Crippen LogP contribution is -2.12. The maximum atomic E-state index is 12.8. The van der Waals surface area contributed by atoms with Crippen molar-refractivity contribution in [1.82, 2.24) is 9.97 Å². The molecule has 0 N–H and O–H groups in total. The Hall–Kier alpha value is -2.95. The van der Waals surface area contributed by atoms with Crippen LogP contribution in [0.4, 0.5) is 0 Å². The van der Waals surface area contributed by atoms with Crippen LogP contribution in [-0.4, -0.2) is 23.0 Å². The fourth-order valence-corrected chi connectivity index (χ4v) is 3.79. The Morgan fingerprint density at radius 2 is 1.70 bits per heavy atom. The maximum absolute atomic E-state index is 12.8. The van der Waals surface area contributed by atoms with Gasteiger partial charge in [-0.05, 0) is 48.6 Å². The molecule has 4 rings (SSSR count). The van der Waals surface area contributed by atoms with Crippen LogP contribution in [0.2, 0.25) is 0 Å². The zero-order valence-corrected chi connectivity index (χ0v) is 15.4. The molecule has 1 fully saturated rings. The first-order valence-electron chi connectivity index (χ1n) is 9.36. The van der Waals surface area contributed by atoms with E-state index >= 15 is 0 Å². The summed E-state index contributed by atoms with van der Waals surface area (Å²) in [5.41, 5.74) is 2.71. The summed E-state index contributed by atoms with van der Waals surface area (Å²) in [6.45, 7) is 0. The molecule has 1 aliphatic rings. The van der Waals surface area contributed by atoms with E-state index in [-0.39, 0.29) is 0 Å². The molecule has 5 heteroatoms. The molecule has 5 nitrogen and oxygen atoms in total. The van der Waals surface area contributed by atoms with E-state index in [1.165, 1.54) is 44.8 Å². The molecule has 0 atom stereocenters. The lowest BCUT2D eigenvalue weighted by Gasteiger charge is -2.22. The van der Waals surface area contributed by atoms with Crippen LogP contribution in [0.1, 0.15) is 53.9 Å². The highest BCUT2D eigenvalue weighted by Crippen LogP contribution is 2.33. The second-order valence-corrected chi connectivity index (χ2v) is 6.86.